The van der Waals surface area contributed by atoms with Crippen LogP contribution in [0.15, 0.2) is 65.6 Å². The van der Waals surface area contributed by atoms with Crippen LogP contribution in [0.3, 0.4) is 0 Å². The maximum absolute atomic E-state index is 13.0. The van der Waals surface area contributed by atoms with Gasteiger partial charge in [0.25, 0.3) is 17.2 Å². The van der Waals surface area contributed by atoms with Gasteiger partial charge in [-0.3, -0.25) is 19.7 Å². The highest BCUT2D eigenvalue weighted by Crippen LogP contribution is 2.29. The Hall–Kier alpha value is -4.01. The molecule has 3 rings (SSSR count). The third kappa shape index (κ3) is 4.46. The molecule has 148 valence electrons. The van der Waals surface area contributed by atoms with Gasteiger partial charge in [-0.2, -0.15) is 0 Å². The number of halogens is 1. The zero-order valence-electron chi connectivity index (χ0n) is 15.3. The van der Waals surface area contributed by atoms with Crippen molar-refractivity contribution >= 4 is 17.3 Å². The lowest BCUT2D eigenvalue weighted by molar-refractivity contribution is -0.384. The Kier molecular flexibility index (Phi) is 5.68. The number of nitrogens with one attached hydrogen (secondary N) is 1. The number of hydrogen-bond acceptors (Lipinski definition) is 5. The molecular formula is C20H16FN3O5. The second-order valence-electron chi connectivity index (χ2n) is 6.08. The molecule has 8 nitrogen and oxygen atoms in total. The molecule has 1 N–H and O–H groups in total. The van der Waals surface area contributed by atoms with E-state index in [-0.39, 0.29) is 29.2 Å². The summed E-state index contributed by atoms with van der Waals surface area (Å²) >= 11 is 0. The standard InChI is InChI=1S/C20H16FN3O5/c1-29-15-8-9-17(18(11-15)24(27)28)22-19(25)16-3-2-10-23(20(16)26)12-13-4-6-14(21)7-5-13/h2-11H,12H2,1H3,(H,22,25). The van der Waals surface area contributed by atoms with E-state index in [1.807, 2.05) is 0 Å². The molecule has 0 aliphatic heterocycles. The number of nitro benzene ring substituents is 1. The number of rotatable bonds is 6. The summed E-state index contributed by atoms with van der Waals surface area (Å²) in [7, 11) is 1.37. The lowest BCUT2D eigenvalue weighted by Gasteiger charge is -2.10. The molecule has 0 bridgehead atoms. The minimum Gasteiger partial charge on any atom is -0.496 e. The molecule has 0 saturated heterocycles. The minimum atomic E-state index is -0.781. The van der Waals surface area contributed by atoms with E-state index in [4.69, 9.17) is 4.74 Å². The van der Waals surface area contributed by atoms with Gasteiger partial charge >= 0.3 is 0 Å². The van der Waals surface area contributed by atoms with Crippen LogP contribution in [0.5, 0.6) is 5.75 Å². The fraction of sp³-hybridized carbons (Fsp3) is 0.100. The first kappa shape index (κ1) is 19.7. The van der Waals surface area contributed by atoms with Crippen molar-refractivity contribution in [2.75, 3.05) is 12.4 Å². The molecule has 3 aromatic rings. The molecule has 9 heteroatoms. The summed E-state index contributed by atoms with van der Waals surface area (Å²) in [5.74, 6) is -0.914. The Morgan fingerprint density at radius 1 is 1.21 bits per heavy atom. The van der Waals surface area contributed by atoms with E-state index in [9.17, 15) is 24.1 Å². The molecule has 0 aliphatic rings. The molecule has 0 atom stereocenters. The monoisotopic (exact) mass is 397 g/mol. The molecule has 0 saturated carbocycles. The molecule has 0 aliphatic carbocycles. The van der Waals surface area contributed by atoms with Crippen molar-refractivity contribution in [1.82, 2.24) is 4.57 Å². The van der Waals surface area contributed by atoms with Gasteiger partial charge in [0.2, 0.25) is 0 Å². The van der Waals surface area contributed by atoms with Crippen LogP contribution in [0.4, 0.5) is 15.8 Å². The number of pyridine rings is 1. The highest BCUT2D eigenvalue weighted by molar-refractivity contribution is 6.05. The Bertz CT molecular complexity index is 1130. The van der Waals surface area contributed by atoms with E-state index >= 15 is 0 Å². The second-order valence-corrected chi connectivity index (χ2v) is 6.08. The van der Waals surface area contributed by atoms with Gasteiger partial charge in [-0.05, 0) is 42.0 Å². The van der Waals surface area contributed by atoms with E-state index in [0.29, 0.717) is 5.56 Å². The van der Waals surface area contributed by atoms with Gasteiger partial charge in [-0.15, -0.1) is 0 Å². The number of hydrogen-bond donors (Lipinski definition) is 1. The van der Waals surface area contributed by atoms with Crippen molar-refractivity contribution in [3.8, 4) is 5.75 Å². The molecule has 2 aromatic carbocycles. The van der Waals surface area contributed by atoms with Crippen LogP contribution in [0.25, 0.3) is 0 Å². The summed E-state index contributed by atoms with van der Waals surface area (Å²) < 4.78 is 19.3. The van der Waals surface area contributed by atoms with E-state index < -0.39 is 22.2 Å². The predicted octanol–water partition coefficient (Wildman–Crippen LogP) is 3.20. The Labute approximate surface area is 164 Å². The van der Waals surface area contributed by atoms with Crippen molar-refractivity contribution in [3.05, 3.63) is 98.2 Å². The van der Waals surface area contributed by atoms with Crippen LogP contribution in [0.1, 0.15) is 15.9 Å². The third-order valence-electron chi connectivity index (χ3n) is 4.18. The number of amides is 1. The molecule has 1 amide bonds. The van der Waals surface area contributed by atoms with Crippen LogP contribution in [-0.2, 0) is 6.54 Å². The van der Waals surface area contributed by atoms with E-state index in [1.54, 1.807) is 0 Å². The van der Waals surface area contributed by atoms with Crippen molar-refractivity contribution in [2.45, 2.75) is 6.54 Å². The second kappa shape index (κ2) is 8.34. The average molecular weight is 397 g/mol. The first-order valence-electron chi connectivity index (χ1n) is 8.46. The van der Waals surface area contributed by atoms with Crippen molar-refractivity contribution in [3.63, 3.8) is 0 Å². The van der Waals surface area contributed by atoms with E-state index in [2.05, 4.69) is 5.32 Å². The predicted molar refractivity (Wildman–Crippen MR) is 104 cm³/mol. The number of nitrogens with zero attached hydrogens (tertiary/aromatic N) is 2. The number of ether oxygens (including phenoxy) is 1. The molecule has 1 aromatic heterocycles. The number of benzene rings is 2. The summed E-state index contributed by atoms with van der Waals surface area (Å²) in [6.07, 6.45) is 1.50. The Balaban J connectivity index is 1.88. The molecular weight excluding hydrogens is 381 g/mol. The van der Waals surface area contributed by atoms with Crippen molar-refractivity contribution in [1.29, 1.82) is 0 Å². The van der Waals surface area contributed by atoms with E-state index in [1.165, 1.54) is 72.5 Å². The van der Waals surface area contributed by atoms with Crippen LogP contribution < -0.4 is 15.6 Å². The Morgan fingerprint density at radius 3 is 2.59 bits per heavy atom. The van der Waals surface area contributed by atoms with Crippen LogP contribution >= 0.6 is 0 Å². The van der Waals surface area contributed by atoms with Crippen molar-refractivity contribution < 1.29 is 18.8 Å². The van der Waals surface area contributed by atoms with E-state index in [0.717, 1.165) is 0 Å². The van der Waals surface area contributed by atoms with Gasteiger partial charge < -0.3 is 14.6 Å². The van der Waals surface area contributed by atoms with Gasteiger partial charge in [0, 0.05) is 6.20 Å². The number of aromatic nitrogens is 1. The number of carbonyl (C=O) groups excluding carboxylic acids is 1. The fourth-order valence-corrected chi connectivity index (χ4v) is 2.71. The number of methoxy groups -OCH3 is 1. The van der Waals surface area contributed by atoms with Crippen LogP contribution in [-0.4, -0.2) is 22.5 Å². The molecule has 29 heavy (non-hydrogen) atoms. The average Bonchev–Trinajstić information content (AvgIpc) is 2.71. The summed E-state index contributed by atoms with van der Waals surface area (Å²) in [6.45, 7) is 0.142. The first-order chi connectivity index (χ1) is 13.9. The summed E-state index contributed by atoms with van der Waals surface area (Å²) in [5.41, 5.74) is -0.503. The third-order valence-corrected chi connectivity index (χ3v) is 4.18. The lowest BCUT2D eigenvalue weighted by atomic mass is 10.2. The highest BCUT2D eigenvalue weighted by atomic mass is 19.1. The number of nitro groups is 1. The molecule has 0 unspecified atom stereocenters. The summed E-state index contributed by atoms with van der Waals surface area (Å²) in [5, 5.41) is 13.7. The van der Waals surface area contributed by atoms with Gasteiger partial charge in [0.1, 0.15) is 22.8 Å². The zero-order valence-corrected chi connectivity index (χ0v) is 15.3. The number of anilines is 1. The summed E-state index contributed by atoms with van der Waals surface area (Å²) in [6, 6.07) is 12.4. The normalized spacial score (nSPS) is 10.4. The zero-order chi connectivity index (χ0) is 21.0. The lowest BCUT2D eigenvalue weighted by Crippen LogP contribution is -2.29. The smallest absolute Gasteiger partial charge is 0.296 e. The SMILES string of the molecule is COc1ccc(NC(=O)c2cccn(Cc3ccc(F)cc3)c2=O)c([N+](=O)[O-])c1. The molecule has 0 spiro atoms. The van der Waals surface area contributed by atoms with Gasteiger partial charge in [-0.25, -0.2) is 4.39 Å². The molecule has 0 fully saturated rings. The van der Waals surface area contributed by atoms with Gasteiger partial charge in [0.05, 0.1) is 24.6 Å². The number of carbonyl (C=O) groups is 1. The molecule has 0 radical (unpaired) electrons. The maximum Gasteiger partial charge on any atom is 0.296 e. The van der Waals surface area contributed by atoms with Gasteiger partial charge in [0.15, 0.2) is 0 Å². The van der Waals surface area contributed by atoms with Crippen molar-refractivity contribution in [2.24, 2.45) is 0 Å². The highest BCUT2D eigenvalue weighted by Gasteiger charge is 2.20. The van der Waals surface area contributed by atoms with Crippen LogP contribution in [0.2, 0.25) is 0 Å². The summed E-state index contributed by atoms with van der Waals surface area (Å²) in [4.78, 5) is 35.9. The maximum atomic E-state index is 13.0. The first-order valence-corrected chi connectivity index (χ1v) is 8.46. The van der Waals surface area contributed by atoms with Gasteiger partial charge in [-0.1, -0.05) is 12.1 Å². The molecule has 1 heterocycles. The fourth-order valence-electron chi connectivity index (χ4n) is 2.71. The largest absolute Gasteiger partial charge is 0.496 e. The quantitative estimate of drug-likeness (QED) is 0.508. The topological polar surface area (TPSA) is 103 Å². The minimum absolute atomic E-state index is 0.0610. The Morgan fingerprint density at radius 2 is 1.93 bits per heavy atom. The van der Waals surface area contributed by atoms with Crippen LogP contribution in [0, 0.1) is 15.9 Å².